The van der Waals surface area contributed by atoms with Gasteiger partial charge in [0.2, 0.25) is 0 Å². The highest BCUT2D eigenvalue weighted by Crippen LogP contribution is 2.31. The van der Waals surface area contributed by atoms with Crippen LogP contribution in [0.4, 0.5) is 0 Å². The lowest BCUT2D eigenvalue weighted by Gasteiger charge is -1.98. The summed E-state index contributed by atoms with van der Waals surface area (Å²) in [5.74, 6) is -1.48. The average molecular weight is 308 g/mol. The molecule has 0 spiro atoms. The molecule has 0 bridgehead atoms. The minimum atomic E-state index is -0.839. The van der Waals surface area contributed by atoms with Gasteiger partial charge >= 0.3 is 5.97 Å². The summed E-state index contributed by atoms with van der Waals surface area (Å²) in [6, 6.07) is 5.56. The van der Waals surface area contributed by atoms with Crippen LogP contribution in [-0.2, 0) is 9.53 Å². The Balaban J connectivity index is 2.17. The maximum atomic E-state index is 11.9. The number of pyridine rings is 1. The van der Waals surface area contributed by atoms with Crippen molar-refractivity contribution in [3.63, 3.8) is 0 Å². The molecule has 0 radical (unpaired) electrons. The second-order valence-corrected chi connectivity index (χ2v) is 5.98. The highest BCUT2D eigenvalue weighted by atomic mass is 32.2. The first-order valence-electron chi connectivity index (χ1n) is 5.89. The summed E-state index contributed by atoms with van der Waals surface area (Å²) in [6.07, 6.45) is 1.69. The molecule has 0 aliphatic carbocycles. The van der Waals surface area contributed by atoms with E-state index in [4.69, 9.17) is 4.74 Å². The first-order chi connectivity index (χ1) is 9.61. The van der Waals surface area contributed by atoms with Crippen LogP contribution in [0.15, 0.2) is 33.8 Å². The normalized spacial score (nSPS) is 10.3. The molecule has 5 nitrogen and oxygen atoms in total. The lowest BCUT2D eigenvalue weighted by molar-refractivity contribution is -0.137. The van der Waals surface area contributed by atoms with Gasteiger partial charge in [-0.25, -0.2) is 14.8 Å². The van der Waals surface area contributed by atoms with Gasteiger partial charge < -0.3 is 4.74 Å². The summed E-state index contributed by atoms with van der Waals surface area (Å²) in [6.45, 7) is 3.54. The van der Waals surface area contributed by atoms with Crippen LogP contribution in [0, 0.1) is 6.92 Å². The molecule has 2 aromatic rings. The SMILES string of the molecule is CCOC(=O)C(=O)c1sc(Sc2ccccn2)nc1C. The highest BCUT2D eigenvalue weighted by molar-refractivity contribution is 8.01. The van der Waals surface area contributed by atoms with Crippen LogP contribution in [0.2, 0.25) is 0 Å². The lowest BCUT2D eigenvalue weighted by Crippen LogP contribution is -2.17. The van der Waals surface area contributed by atoms with E-state index < -0.39 is 11.8 Å². The first-order valence-corrected chi connectivity index (χ1v) is 7.53. The van der Waals surface area contributed by atoms with Crippen LogP contribution >= 0.6 is 23.1 Å². The number of ether oxygens (including phenoxy) is 1. The highest BCUT2D eigenvalue weighted by Gasteiger charge is 2.23. The Labute approximate surface area is 124 Å². The van der Waals surface area contributed by atoms with Crippen molar-refractivity contribution in [3.05, 3.63) is 35.0 Å². The fourth-order valence-electron chi connectivity index (χ4n) is 1.41. The number of aromatic nitrogens is 2. The van der Waals surface area contributed by atoms with Gasteiger partial charge in [-0.3, -0.25) is 4.79 Å². The zero-order valence-electron chi connectivity index (χ0n) is 11.0. The zero-order chi connectivity index (χ0) is 14.5. The Hall–Kier alpha value is -1.73. The van der Waals surface area contributed by atoms with Gasteiger partial charge in [-0.2, -0.15) is 0 Å². The molecule has 7 heteroatoms. The smallest absolute Gasteiger partial charge is 0.380 e. The maximum absolute atomic E-state index is 11.9. The van der Waals surface area contributed by atoms with Crippen molar-refractivity contribution < 1.29 is 14.3 Å². The van der Waals surface area contributed by atoms with Crippen molar-refractivity contribution in [1.29, 1.82) is 0 Å². The predicted molar refractivity (Wildman–Crippen MR) is 76.2 cm³/mol. The van der Waals surface area contributed by atoms with E-state index >= 15 is 0 Å². The summed E-state index contributed by atoms with van der Waals surface area (Å²) in [5, 5.41) is 0.788. The molecule has 104 valence electrons. The predicted octanol–water partition coefficient (Wildman–Crippen LogP) is 2.74. The van der Waals surface area contributed by atoms with E-state index in [1.165, 1.54) is 23.1 Å². The molecule has 0 aliphatic heterocycles. The van der Waals surface area contributed by atoms with Crippen molar-refractivity contribution in [3.8, 4) is 0 Å². The van der Waals surface area contributed by atoms with E-state index in [1.54, 1.807) is 20.0 Å². The molecule has 0 fully saturated rings. The Morgan fingerprint density at radius 2 is 2.20 bits per heavy atom. The second kappa shape index (κ2) is 6.62. The number of aryl methyl sites for hydroxylation is 1. The van der Waals surface area contributed by atoms with E-state index in [1.807, 2.05) is 18.2 Å². The second-order valence-electron chi connectivity index (χ2n) is 3.71. The summed E-state index contributed by atoms with van der Waals surface area (Å²) in [5.41, 5.74) is 0.534. The van der Waals surface area contributed by atoms with Gasteiger partial charge in [0.15, 0.2) is 4.34 Å². The molecule has 0 saturated heterocycles. The van der Waals surface area contributed by atoms with Gasteiger partial charge in [0.25, 0.3) is 5.78 Å². The molecular weight excluding hydrogens is 296 g/mol. The summed E-state index contributed by atoms with van der Waals surface area (Å²) < 4.78 is 5.39. The van der Waals surface area contributed by atoms with E-state index in [-0.39, 0.29) is 6.61 Å². The van der Waals surface area contributed by atoms with Crippen LogP contribution < -0.4 is 0 Å². The number of ketones is 1. The number of Topliss-reactive ketones (excluding diaryl/α,β-unsaturated/α-hetero) is 1. The van der Waals surface area contributed by atoms with Gasteiger partial charge in [-0.1, -0.05) is 6.07 Å². The maximum Gasteiger partial charge on any atom is 0.380 e. The van der Waals surface area contributed by atoms with E-state index in [9.17, 15) is 9.59 Å². The summed E-state index contributed by atoms with van der Waals surface area (Å²) in [7, 11) is 0. The topological polar surface area (TPSA) is 69.2 Å². The fourth-order valence-corrected chi connectivity index (χ4v) is 3.43. The minimum Gasteiger partial charge on any atom is -0.460 e. The van der Waals surface area contributed by atoms with E-state index in [0.29, 0.717) is 14.9 Å². The number of rotatable bonds is 5. The van der Waals surface area contributed by atoms with Crippen LogP contribution in [0.5, 0.6) is 0 Å². The molecule has 20 heavy (non-hydrogen) atoms. The number of hydrogen-bond acceptors (Lipinski definition) is 7. The van der Waals surface area contributed by atoms with Crippen molar-refractivity contribution in [2.24, 2.45) is 0 Å². The molecule has 2 aromatic heterocycles. The molecule has 0 amide bonds. The Morgan fingerprint density at radius 1 is 1.40 bits per heavy atom. The van der Waals surface area contributed by atoms with Gasteiger partial charge in [0.1, 0.15) is 9.90 Å². The van der Waals surface area contributed by atoms with Gasteiger partial charge in [0.05, 0.1) is 12.3 Å². The van der Waals surface area contributed by atoms with Gasteiger partial charge in [0, 0.05) is 6.20 Å². The molecular formula is C13H12N2O3S2. The lowest BCUT2D eigenvalue weighted by atomic mass is 10.3. The van der Waals surface area contributed by atoms with Crippen LogP contribution in [0.3, 0.4) is 0 Å². The van der Waals surface area contributed by atoms with E-state index in [0.717, 1.165) is 5.03 Å². The standard InChI is InChI=1S/C13H12N2O3S2/c1-3-18-12(17)10(16)11-8(2)15-13(20-11)19-9-6-4-5-7-14-9/h4-7H,3H2,1-2H3. The minimum absolute atomic E-state index is 0.179. The van der Waals surface area contributed by atoms with Crippen molar-refractivity contribution in [1.82, 2.24) is 9.97 Å². The number of nitrogens with zero attached hydrogens (tertiary/aromatic N) is 2. The van der Waals surface area contributed by atoms with Crippen LogP contribution in [0.25, 0.3) is 0 Å². The number of carbonyl (C=O) groups excluding carboxylic acids is 2. The third-order valence-electron chi connectivity index (χ3n) is 2.27. The Bertz CT molecular complexity index is 626. The fraction of sp³-hybridized carbons (Fsp3) is 0.231. The Morgan fingerprint density at radius 3 is 2.85 bits per heavy atom. The van der Waals surface area contributed by atoms with Gasteiger partial charge in [-0.15, -0.1) is 11.3 Å². The molecule has 0 unspecified atom stereocenters. The third-order valence-corrected chi connectivity index (χ3v) is 4.44. The number of esters is 1. The Kier molecular flexibility index (Phi) is 4.86. The van der Waals surface area contributed by atoms with Gasteiger partial charge in [-0.05, 0) is 37.7 Å². The molecule has 0 N–H and O–H groups in total. The average Bonchev–Trinajstić information content (AvgIpc) is 2.80. The van der Waals surface area contributed by atoms with Crippen LogP contribution in [-0.4, -0.2) is 28.3 Å². The summed E-state index contributed by atoms with van der Waals surface area (Å²) in [4.78, 5) is 32.1. The first kappa shape index (κ1) is 14.7. The summed E-state index contributed by atoms with van der Waals surface area (Å²) >= 11 is 2.54. The van der Waals surface area contributed by atoms with Crippen molar-refractivity contribution in [2.45, 2.75) is 23.2 Å². The monoisotopic (exact) mass is 308 g/mol. The molecule has 0 atom stereocenters. The molecule has 0 saturated carbocycles. The molecule has 0 aromatic carbocycles. The van der Waals surface area contributed by atoms with Crippen molar-refractivity contribution in [2.75, 3.05) is 6.61 Å². The third kappa shape index (κ3) is 3.43. The number of thiazole rings is 1. The largest absolute Gasteiger partial charge is 0.460 e. The number of carbonyl (C=O) groups is 2. The quantitative estimate of drug-likeness (QED) is 0.480. The van der Waals surface area contributed by atoms with Crippen molar-refractivity contribution >= 4 is 34.9 Å². The van der Waals surface area contributed by atoms with E-state index in [2.05, 4.69) is 9.97 Å². The molecule has 2 rings (SSSR count). The van der Waals surface area contributed by atoms with Crippen LogP contribution in [0.1, 0.15) is 22.3 Å². The molecule has 0 aliphatic rings. The molecule has 2 heterocycles. The zero-order valence-corrected chi connectivity index (χ0v) is 12.6. The number of hydrogen-bond donors (Lipinski definition) is 0.